The van der Waals surface area contributed by atoms with E-state index in [1.807, 2.05) is 0 Å². The highest BCUT2D eigenvalue weighted by atomic mass is 32.1. The summed E-state index contributed by atoms with van der Waals surface area (Å²) in [5.74, 6) is -0.526. The van der Waals surface area contributed by atoms with Crippen molar-refractivity contribution in [3.63, 3.8) is 0 Å². The molecule has 0 saturated heterocycles. The molecule has 1 atom stereocenters. The Balaban J connectivity index is 1.81. The van der Waals surface area contributed by atoms with Gasteiger partial charge in [-0.3, -0.25) is 4.79 Å². The van der Waals surface area contributed by atoms with Crippen LogP contribution in [0.25, 0.3) is 6.08 Å². The molecule has 1 N–H and O–H groups in total. The number of anilines is 1. The number of fused-ring (bicyclic) bond motifs is 1. The molecule has 0 spiro atoms. The monoisotopic (exact) mass is 373 g/mol. The van der Waals surface area contributed by atoms with Crippen LogP contribution in [0.2, 0.25) is 0 Å². The number of thiophene rings is 1. The van der Waals surface area contributed by atoms with Crippen molar-refractivity contribution in [1.82, 2.24) is 0 Å². The number of carbonyl (C=O) groups excluding carboxylic acids is 2. The lowest BCUT2D eigenvalue weighted by Gasteiger charge is -2.18. The van der Waals surface area contributed by atoms with E-state index in [4.69, 9.17) is 4.74 Å². The van der Waals surface area contributed by atoms with Crippen molar-refractivity contribution in [3.8, 4) is 0 Å². The molecular weight excluding hydrogens is 353 g/mol. The first kappa shape index (κ1) is 18.3. The number of methoxy groups -OCH3 is 1. The van der Waals surface area contributed by atoms with Crippen LogP contribution in [-0.4, -0.2) is 19.0 Å². The highest BCUT2D eigenvalue weighted by molar-refractivity contribution is 7.17. The van der Waals surface area contributed by atoms with Gasteiger partial charge in [0.1, 0.15) is 10.8 Å². The number of amides is 1. The van der Waals surface area contributed by atoms with Crippen molar-refractivity contribution in [2.75, 3.05) is 12.4 Å². The van der Waals surface area contributed by atoms with E-state index in [1.165, 1.54) is 36.7 Å². The van der Waals surface area contributed by atoms with Crippen LogP contribution in [-0.2, 0) is 22.4 Å². The van der Waals surface area contributed by atoms with Gasteiger partial charge in [-0.25, -0.2) is 9.18 Å². The lowest BCUT2D eigenvalue weighted by atomic mass is 9.88. The zero-order valence-electron chi connectivity index (χ0n) is 14.7. The second-order valence-corrected chi connectivity index (χ2v) is 7.53. The van der Waals surface area contributed by atoms with E-state index in [1.54, 1.807) is 18.2 Å². The number of benzene rings is 1. The topological polar surface area (TPSA) is 55.4 Å². The first-order chi connectivity index (χ1) is 12.5. The minimum atomic E-state index is -0.421. The number of hydrogen-bond donors (Lipinski definition) is 1. The van der Waals surface area contributed by atoms with Gasteiger partial charge in [-0.05, 0) is 54.5 Å². The summed E-state index contributed by atoms with van der Waals surface area (Å²) in [4.78, 5) is 25.6. The van der Waals surface area contributed by atoms with E-state index in [-0.39, 0.29) is 11.7 Å². The number of carbonyl (C=O) groups is 2. The standard InChI is InChI=1S/C20H20FNO3S/c1-12-3-9-15-16(11-12)26-19(18(15)20(24)25-2)22-17(23)10-6-13-4-7-14(21)8-5-13/h4-8,10,12H,3,9,11H2,1-2H3,(H,22,23)/b10-6+/t12-/m0/s1. The molecular formula is C20H20FNO3S. The van der Waals surface area contributed by atoms with Crippen molar-refractivity contribution in [3.05, 3.63) is 57.7 Å². The van der Waals surface area contributed by atoms with Gasteiger partial charge in [-0.15, -0.1) is 11.3 Å². The largest absolute Gasteiger partial charge is 0.465 e. The molecule has 1 aliphatic carbocycles. The van der Waals surface area contributed by atoms with Gasteiger partial charge in [0.05, 0.1) is 12.7 Å². The Kier molecular flexibility index (Phi) is 5.52. The second-order valence-electron chi connectivity index (χ2n) is 6.42. The summed E-state index contributed by atoms with van der Waals surface area (Å²) < 4.78 is 17.8. The van der Waals surface area contributed by atoms with Gasteiger partial charge >= 0.3 is 5.97 Å². The molecule has 0 unspecified atom stereocenters. The Labute approximate surface area is 155 Å². The van der Waals surface area contributed by atoms with Crippen molar-refractivity contribution in [2.24, 2.45) is 5.92 Å². The summed E-state index contributed by atoms with van der Waals surface area (Å²) in [7, 11) is 1.35. The number of ether oxygens (including phenoxy) is 1. The molecule has 26 heavy (non-hydrogen) atoms. The van der Waals surface area contributed by atoms with Crippen LogP contribution in [0, 0.1) is 11.7 Å². The van der Waals surface area contributed by atoms with E-state index in [9.17, 15) is 14.0 Å². The maximum atomic E-state index is 12.9. The van der Waals surface area contributed by atoms with Crippen LogP contribution in [0.15, 0.2) is 30.3 Å². The van der Waals surface area contributed by atoms with Gasteiger partial charge in [0, 0.05) is 11.0 Å². The first-order valence-electron chi connectivity index (χ1n) is 8.45. The first-order valence-corrected chi connectivity index (χ1v) is 9.27. The molecule has 1 aromatic carbocycles. The smallest absolute Gasteiger partial charge is 0.341 e. The van der Waals surface area contributed by atoms with Crippen molar-refractivity contribution < 1.29 is 18.7 Å². The zero-order chi connectivity index (χ0) is 18.7. The van der Waals surface area contributed by atoms with Crippen LogP contribution < -0.4 is 5.32 Å². The minimum Gasteiger partial charge on any atom is -0.465 e. The molecule has 3 rings (SSSR count). The number of esters is 1. The second kappa shape index (κ2) is 7.83. The zero-order valence-corrected chi connectivity index (χ0v) is 15.5. The number of rotatable bonds is 4. The van der Waals surface area contributed by atoms with E-state index in [2.05, 4.69) is 12.2 Å². The van der Waals surface area contributed by atoms with Crippen LogP contribution >= 0.6 is 11.3 Å². The molecule has 0 bridgehead atoms. The van der Waals surface area contributed by atoms with Gasteiger partial charge in [-0.1, -0.05) is 19.1 Å². The molecule has 0 radical (unpaired) electrons. The third kappa shape index (κ3) is 4.02. The average molecular weight is 373 g/mol. The van der Waals surface area contributed by atoms with Gasteiger partial charge < -0.3 is 10.1 Å². The third-order valence-electron chi connectivity index (χ3n) is 4.44. The van der Waals surface area contributed by atoms with E-state index >= 15 is 0 Å². The van der Waals surface area contributed by atoms with Gasteiger partial charge in [0.2, 0.25) is 5.91 Å². The van der Waals surface area contributed by atoms with Gasteiger partial charge in [0.15, 0.2) is 0 Å². The fourth-order valence-corrected chi connectivity index (χ4v) is 4.46. The maximum absolute atomic E-state index is 12.9. The van der Waals surface area contributed by atoms with E-state index in [0.29, 0.717) is 22.0 Å². The Morgan fingerprint density at radius 3 is 2.73 bits per heavy atom. The lowest BCUT2D eigenvalue weighted by molar-refractivity contribution is -0.111. The highest BCUT2D eigenvalue weighted by Crippen LogP contribution is 2.40. The predicted octanol–water partition coefficient (Wildman–Crippen LogP) is 4.45. The fourth-order valence-electron chi connectivity index (χ4n) is 3.06. The molecule has 1 aliphatic rings. The lowest BCUT2D eigenvalue weighted by Crippen LogP contribution is -2.14. The number of nitrogens with one attached hydrogen (secondary N) is 1. The molecule has 1 aromatic heterocycles. The molecule has 6 heteroatoms. The molecule has 4 nitrogen and oxygen atoms in total. The van der Waals surface area contributed by atoms with Gasteiger partial charge in [-0.2, -0.15) is 0 Å². The molecule has 1 amide bonds. The molecule has 0 saturated carbocycles. The molecule has 0 fully saturated rings. The molecule has 1 heterocycles. The maximum Gasteiger partial charge on any atom is 0.341 e. The third-order valence-corrected chi connectivity index (χ3v) is 5.60. The quantitative estimate of drug-likeness (QED) is 0.636. The molecule has 136 valence electrons. The number of hydrogen-bond acceptors (Lipinski definition) is 4. The van der Waals surface area contributed by atoms with Crippen LogP contribution in [0.5, 0.6) is 0 Å². The number of halogens is 1. The fraction of sp³-hybridized carbons (Fsp3) is 0.300. The molecule has 2 aromatic rings. The van der Waals surface area contributed by atoms with E-state index in [0.717, 1.165) is 29.7 Å². The Morgan fingerprint density at radius 1 is 1.31 bits per heavy atom. The summed E-state index contributed by atoms with van der Waals surface area (Å²) >= 11 is 1.45. The Morgan fingerprint density at radius 2 is 2.04 bits per heavy atom. The predicted molar refractivity (Wildman–Crippen MR) is 101 cm³/mol. The average Bonchev–Trinajstić information content (AvgIpc) is 2.97. The van der Waals surface area contributed by atoms with E-state index < -0.39 is 5.97 Å². The summed E-state index contributed by atoms with van der Waals surface area (Å²) in [6, 6.07) is 5.84. The normalized spacial score (nSPS) is 16.3. The summed E-state index contributed by atoms with van der Waals surface area (Å²) in [5, 5.41) is 3.33. The van der Waals surface area contributed by atoms with Crippen LogP contribution in [0.3, 0.4) is 0 Å². The summed E-state index contributed by atoms with van der Waals surface area (Å²) in [6.07, 6.45) is 5.72. The van der Waals surface area contributed by atoms with Crippen molar-refractivity contribution in [1.29, 1.82) is 0 Å². The summed E-state index contributed by atoms with van der Waals surface area (Å²) in [5.41, 5.74) is 2.19. The van der Waals surface area contributed by atoms with Crippen LogP contribution in [0.1, 0.15) is 39.7 Å². The van der Waals surface area contributed by atoms with Gasteiger partial charge in [0.25, 0.3) is 0 Å². The van der Waals surface area contributed by atoms with Crippen molar-refractivity contribution in [2.45, 2.75) is 26.2 Å². The SMILES string of the molecule is COC(=O)c1c(NC(=O)/C=C/c2ccc(F)cc2)sc2c1CC[C@H](C)C2. The van der Waals surface area contributed by atoms with Crippen LogP contribution in [0.4, 0.5) is 9.39 Å². The summed E-state index contributed by atoms with van der Waals surface area (Å²) in [6.45, 7) is 2.18. The molecule has 0 aliphatic heterocycles. The highest BCUT2D eigenvalue weighted by Gasteiger charge is 2.28. The van der Waals surface area contributed by atoms with Crippen molar-refractivity contribution >= 4 is 34.3 Å². The Hall–Kier alpha value is -2.47. The Bertz CT molecular complexity index is 855. The minimum absolute atomic E-state index is 0.326.